The van der Waals surface area contributed by atoms with Crippen LogP contribution in [0.3, 0.4) is 0 Å². The molecule has 0 aliphatic heterocycles. The van der Waals surface area contributed by atoms with Crippen molar-refractivity contribution in [1.82, 2.24) is 15.3 Å². The van der Waals surface area contributed by atoms with Gasteiger partial charge >= 0.3 is 0 Å². The molecule has 1 heterocycles. The molecule has 0 spiro atoms. The first-order valence-corrected chi connectivity index (χ1v) is 6.97. The van der Waals surface area contributed by atoms with E-state index < -0.39 is 0 Å². The number of imidazole rings is 1. The Kier molecular flexibility index (Phi) is 5.82. The van der Waals surface area contributed by atoms with Crippen LogP contribution in [-0.4, -0.2) is 23.6 Å². The standard InChI is InChI=1S/C14H27N3O/c1-6-9-15-11(4)12-10-16-13(17-12)14(7-2,8-3)18-5/h10-11,15H,6-9H2,1-5H3,(H,16,17). The van der Waals surface area contributed by atoms with Crippen molar-refractivity contribution in [3.8, 4) is 0 Å². The van der Waals surface area contributed by atoms with Crippen LogP contribution >= 0.6 is 0 Å². The van der Waals surface area contributed by atoms with Crippen molar-refractivity contribution >= 4 is 0 Å². The molecule has 0 aliphatic rings. The van der Waals surface area contributed by atoms with Gasteiger partial charge in [0.15, 0.2) is 0 Å². The van der Waals surface area contributed by atoms with E-state index in [9.17, 15) is 0 Å². The maximum Gasteiger partial charge on any atom is 0.138 e. The number of aromatic amines is 1. The van der Waals surface area contributed by atoms with E-state index in [0.29, 0.717) is 6.04 Å². The molecule has 0 fully saturated rings. The molecule has 1 atom stereocenters. The lowest BCUT2D eigenvalue weighted by molar-refractivity contribution is -0.0285. The lowest BCUT2D eigenvalue weighted by atomic mass is 9.96. The summed E-state index contributed by atoms with van der Waals surface area (Å²) in [6.45, 7) is 9.61. The summed E-state index contributed by atoms with van der Waals surface area (Å²) in [6.07, 6.45) is 4.90. The van der Waals surface area contributed by atoms with Gasteiger partial charge < -0.3 is 15.0 Å². The minimum atomic E-state index is -0.275. The molecule has 1 rings (SSSR count). The van der Waals surface area contributed by atoms with Gasteiger partial charge in [0, 0.05) is 19.3 Å². The number of hydrogen-bond donors (Lipinski definition) is 2. The van der Waals surface area contributed by atoms with E-state index >= 15 is 0 Å². The summed E-state index contributed by atoms with van der Waals surface area (Å²) in [5, 5.41) is 3.46. The van der Waals surface area contributed by atoms with Gasteiger partial charge in [-0.3, -0.25) is 0 Å². The average Bonchev–Trinajstić information content (AvgIpc) is 2.89. The van der Waals surface area contributed by atoms with Crippen LogP contribution in [0.25, 0.3) is 0 Å². The molecule has 0 radical (unpaired) electrons. The lowest BCUT2D eigenvalue weighted by Gasteiger charge is -2.27. The van der Waals surface area contributed by atoms with Gasteiger partial charge in [-0.05, 0) is 32.7 Å². The summed E-state index contributed by atoms with van der Waals surface area (Å²) in [5.74, 6) is 0.940. The molecule has 104 valence electrons. The molecule has 0 aliphatic carbocycles. The van der Waals surface area contributed by atoms with Gasteiger partial charge in [0.1, 0.15) is 11.4 Å². The van der Waals surface area contributed by atoms with Gasteiger partial charge in [-0.25, -0.2) is 4.98 Å². The second-order valence-corrected chi connectivity index (χ2v) is 4.77. The number of methoxy groups -OCH3 is 1. The highest BCUT2D eigenvalue weighted by atomic mass is 16.5. The molecule has 0 saturated heterocycles. The first-order valence-electron chi connectivity index (χ1n) is 6.97. The largest absolute Gasteiger partial charge is 0.370 e. The van der Waals surface area contributed by atoms with Crippen molar-refractivity contribution < 1.29 is 4.74 Å². The second kappa shape index (κ2) is 6.90. The van der Waals surface area contributed by atoms with Crippen LogP contribution < -0.4 is 5.32 Å². The third-order valence-electron chi connectivity index (χ3n) is 3.73. The van der Waals surface area contributed by atoms with E-state index in [2.05, 4.69) is 43.0 Å². The molecular formula is C14H27N3O. The van der Waals surface area contributed by atoms with Crippen LogP contribution in [0.2, 0.25) is 0 Å². The molecule has 1 aromatic rings. The molecule has 4 heteroatoms. The molecule has 1 aromatic heterocycles. The maximum absolute atomic E-state index is 5.68. The zero-order valence-corrected chi connectivity index (χ0v) is 12.3. The van der Waals surface area contributed by atoms with E-state index in [1.807, 2.05) is 6.20 Å². The van der Waals surface area contributed by atoms with E-state index in [0.717, 1.165) is 37.3 Å². The molecular weight excluding hydrogens is 226 g/mol. The van der Waals surface area contributed by atoms with Crippen molar-refractivity contribution in [3.05, 3.63) is 17.7 Å². The van der Waals surface area contributed by atoms with Crippen LogP contribution in [0.5, 0.6) is 0 Å². The highest BCUT2D eigenvalue weighted by Gasteiger charge is 2.31. The van der Waals surface area contributed by atoms with E-state index in [4.69, 9.17) is 4.74 Å². The second-order valence-electron chi connectivity index (χ2n) is 4.77. The Morgan fingerprint density at radius 2 is 2.06 bits per heavy atom. The van der Waals surface area contributed by atoms with Gasteiger partial charge in [-0.15, -0.1) is 0 Å². The van der Waals surface area contributed by atoms with Gasteiger partial charge in [-0.2, -0.15) is 0 Å². The quantitative estimate of drug-likeness (QED) is 0.748. The summed E-state index contributed by atoms with van der Waals surface area (Å²) in [5.41, 5.74) is 0.852. The third kappa shape index (κ3) is 3.12. The van der Waals surface area contributed by atoms with Crippen molar-refractivity contribution in [2.45, 2.75) is 58.6 Å². The Balaban J connectivity index is 2.84. The highest BCUT2D eigenvalue weighted by molar-refractivity contribution is 5.11. The monoisotopic (exact) mass is 253 g/mol. The highest BCUT2D eigenvalue weighted by Crippen LogP contribution is 2.30. The summed E-state index contributed by atoms with van der Waals surface area (Å²) >= 11 is 0. The van der Waals surface area contributed by atoms with E-state index in [1.54, 1.807) is 7.11 Å². The predicted octanol–water partition coefficient (Wildman–Crippen LogP) is 3.13. The van der Waals surface area contributed by atoms with Gasteiger partial charge in [0.05, 0.1) is 5.69 Å². The van der Waals surface area contributed by atoms with Crippen LogP contribution in [0.4, 0.5) is 0 Å². The molecule has 2 N–H and O–H groups in total. The fraction of sp³-hybridized carbons (Fsp3) is 0.786. The predicted molar refractivity (Wildman–Crippen MR) is 74.6 cm³/mol. The van der Waals surface area contributed by atoms with E-state index in [-0.39, 0.29) is 5.60 Å². The Bertz CT molecular complexity index is 336. The summed E-state index contributed by atoms with van der Waals surface area (Å²) < 4.78 is 5.68. The van der Waals surface area contributed by atoms with Gasteiger partial charge in [0.25, 0.3) is 0 Å². The average molecular weight is 253 g/mol. The maximum atomic E-state index is 5.68. The molecule has 0 amide bonds. The number of hydrogen-bond acceptors (Lipinski definition) is 3. The molecule has 0 saturated carbocycles. The zero-order chi connectivity index (χ0) is 13.6. The topological polar surface area (TPSA) is 49.9 Å². The number of H-pyrrole nitrogens is 1. The summed E-state index contributed by atoms with van der Waals surface area (Å²) in [4.78, 5) is 7.93. The van der Waals surface area contributed by atoms with Gasteiger partial charge in [0.2, 0.25) is 0 Å². The normalized spacial score (nSPS) is 13.8. The minimum Gasteiger partial charge on any atom is -0.370 e. The Hall–Kier alpha value is -0.870. The summed E-state index contributed by atoms with van der Waals surface area (Å²) in [6, 6.07) is 0.300. The first kappa shape index (κ1) is 15.2. The molecule has 0 bridgehead atoms. The number of aromatic nitrogens is 2. The third-order valence-corrected chi connectivity index (χ3v) is 3.73. The number of nitrogens with one attached hydrogen (secondary N) is 2. The Labute approximate surface area is 111 Å². The van der Waals surface area contributed by atoms with Crippen LogP contribution in [-0.2, 0) is 10.3 Å². The number of ether oxygens (including phenoxy) is 1. The van der Waals surface area contributed by atoms with Gasteiger partial charge in [-0.1, -0.05) is 20.8 Å². The molecule has 4 nitrogen and oxygen atoms in total. The van der Waals surface area contributed by atoms with Crippen LogP contribution in [0, 0.1) is 0 Å². The fourth-order valence-corrected chi connectivity index (χ4v) is 2.23. The fourth-order valence-electron chi connectivity index (χ4n) is 2.23. The number of nitrogens with zero attached hydrogens (tertiary/aromatic N) is 1. The Morgan fingerprint density at radius 3 is 2.56 bits per heavy atom. The van der Waals surface area contributed by atoms with Crippen molar-refractivity contribution in [3.63, 3.8) is 0 Å². The van der Waals surface area contributed by atoms with Crippen molar-refractivity contribution in [1.29, 1.82) is 0 Å². The smallest absolute Gasteiger partial charge is 0.138 e. The Morgan fingerprint density at radius 1 is 1.39 bits per heavy atom. The zero-order valence-electron chi connectivity index (χ0n) is 12.3. The minimum absolute atomic E-state index is 0.275. The van der Waals surface area contributed by atoms with Crippen molar-refractivity contribution in [2.24, 2.45) is 0 Å². The SMILES string of the molecule is CCCNC(C)c1cnc(C(CC)(CC)OC)[nH]1. The first-order chi connectivity index (χ1) is 8.63. The van der Waals surface area contributed by atoms with Crippen molar-refractivity contribution in [2.75, 3.05) is 13.7 Å². The summed E-state index contributed by atoms with van der Waals surface area (Å²) in [7, 11) is 1.76. The molecule has 1 unspecified atom stereocenters. The van der Waals surface area contributed by atoms with E-state index in [1.165, 1.54) is 0 Å². The lowest BCUT2D eigenvalue weighted by Crippen LogP contribution is -2.28. The van der Waals surface area contributed by atoms with Crippen LogP contribution in [0.1, 0.15) is 64.5 Å². The molecule has 18 heavy (non-hydrogen) atoms. The van der Waals surface area contributed by atoms with Crippen LogP contribution in [0.15, 0.2) is 6.20 Å². The number of rotatable bonds is 8. The molecule has 0 aromatic carbocycles.